The van der Waals surface area contributed by atoms with E-state index in [1.807, 2.05) is 6.92 Å². The molecule has 0 aliphatic heterocycles. The number of hydrogen-bond acceptors (Lipinski definition) is 5. The molecule has 0 fully saturated rings. The number of esters is 1. The van der Waals surface area contributed by atoms with E-state index in [2.05, 4.69) is 0 Å². The predicted molar refractivity (Wildman–Crippen MR) is 76.4 cm³/mol. The van der Waals surface area contributed by atoms with Crippen LogP contribution in [-0.4, -0.2) is 33.9 Å². The first-order chi connectivity index (χ1) is 9.57. The van der Waals surface area contributed by atoms with Gasteiger partial charge in [0.1, 0.15) is 0 Å². The van der Waals surface area contributed by atoms with Crippen molar-refractivity contribution in [3.8, 4) is 17.2 Å². The SMILES string of the molecule is CCOC(=O)/C=C(/C)c1cc(OC)c(OC)c(OC)c1. The van der Waals surface area contributed by atoms with Crippen LogP contribution in [0.15, 0.2) is 18.2 Å². The summed E-state index contributed by atoms with van der Waals surface area (Å²) >= 11 is 0. The molecule has 0 aliphatic carbocycles. The topological polar surface area (TPSA) is 54.0 Å². The Morgan fingerprint density at radius 2 is 1.65 bits per heavy atom. The van der Waals surface area contributed by atoms with Gasteiger partial charge in [-0.3, -0.25) is 0 Å². The van der Waals surface area contributed by atoms with Gasteiger partial charge in [0, 0.05) is 6.08 Å². The molecule has 0 atom stereocenters. The molecule has 0 bridgehead atoms. The minimum Gasteiger partial charge on any atom is -0.493 e. The number of hydrogen-bond donors (Lipinski definition) is 0. The molecule has 0 aliphatic rings. The number of carbonyl (C=O) groups excluding carboxylic acids is 1. The molecule has 1 aromatic rings. The van der Waals surface area contributed by atoms with E-state index < -0.39 is 0 Å². The molecule has 1 rings (SSSR count). The highest BCUT2D eigenvalue weighted by atomic mass is 16.5. The van der Waals surface area contributed by atoms with Crippen molar-refractivity contribution in [3.63, 3.8) is 0 Å². The van der Waals surface area contributed by atoms with Crippen molar-refractivity contribution < 1.29 is 23.7 Å². The minimum absolute atomic E-state index is 0.345. The molecule has 20 heavy (non-hydrogen) atoms. The molecule has 0 spiro atoms. The number of methoxy groups -OCH3 is 3. The van der Waals surface area contributed by atoms with Gasteiger partial charge in [-0.15, -0.1) is 0 Å². The number of rotatable bonds is 6. The number of benzene rings is 1. The highest BCUT2D eigenvalue weighted by Gasteiger charge is 2.14. The fraction of sp³-hybridized carbons (Fsp3) is 0.400. The van der Waals surface area contributed by atoms with Crippen molar-refractivity contribution in [2.75, 3.05) is 27.9 Å². The van der Waals surface area contributed by atoms with Gasteiger partial charge < -0.3 is 18.9 Å². The molecule has 0 aromatic heterocycles. The molecule has 5 heteroatoms. The van der Waals surface area contributed by atoms with Gasteiger partial charge >= 0.3 is 5.97 Å². The summed E-state index contributed by atoms with van der Waals surface area (Å²) < 4.78 is 20.7. The first-order valence-electron chi connectivity index (χ1n) is 6.22. The average molecular weight is 280 g/mol. The molecule has 0 saturated heterocycles. The van der Waals surface area contributed by atoms with E-state index >= 15 is 0 Å². The summed E-state index contributed by atoms with van der Waals surface area (Å²) in [6.45, 7) is 3.93. The van der Waals surface area contributed by atoms with Crippen molar-refractivity contribution in [2.45, 2.75) is 13.8 Å². The van der Waals surface area contributed by atoms with Crippen molar-refractivity contribution >= 4 is 11.5 Å². The zero-order valence-corrected chi connectivity index (χ0v) is 12.5. The first kappa shape index (κ1) is 15.9. The lowest BCUT2D eigenvalue weighted by molar-refractivity contribution is -0.137. The Morgan fingerprint density at radius 1 is 1.10 bits per heavy atom. The van der Waals surface area contributed by atoms with E-state index in [-0.39, 0.29) is 5.97 Å². The van der Waals surface area contributed by atoms with E-state index in [9.17, 15) is 4.79 Å². The van der Waals surface area contributed by atoms with E-state index in [1.165, 1.54) is 6.08 Å². The van der Waals surface area contributed by atoms with Gasteiger partial charge in [0.2, 0.25) is 5.75 Å². The smallest absolute Gasteiger partial charge is 0.331 e. The van der Waals surface area contributed by atoms with Crippen LogP contribution in [0.3, 0.4) is 0 Å². The second kappa shape index (κ2) is 7.43. The zero-order valence-electron chi connectivity index (χ0n) is 12.5. The maximum Gasteiger partial charge on any atom is 0.331 e. The van der Waals surface area contributed by atoms with Gasteiger partial charge in [-0.05, 0) is 37.1 Å². The predicted octanol–water partition coefficient (Wildman–Crippen LogP) is 2.68. The van der Waals surface area contributed by atoms with Crippen LogP contribution in [0.4, 0.5) is 0 Å². The number of ether oxygens (including phenoxy) is 4. The van der Waals surface area contributed by atoms with Crippen molar-refractivity contribution in [2.24, 2.45) is 0 Å². The van der Waals surface area contributed by atoms with E-state index in [1.54, 1.807) is 40.4 Å². The summed E-state index contributed by atoms with van der Waals surface area (Å²) in [5, 5.41) is 0. The Labute approximate surface area is 119 Å². The Balaban J connectivity index is 3.22. The van der Waals surface area contributed by atoms with Gasteiger partial charge in [0.25, 0.3) is 0 Å². The zero-order chi connectivity index (χ0) is 15.1. The normalized spacial score (nSPS) is 10.9. The second-order valence-corrected chi connectivity index (χ2v) is 3.99. The van der Waals surface area contributed by atoms with E-state index in [0.29, 0.717) is 23.9 Å². The summed E-state index contributed by atoms with van der Waals surface area (Å²) in [6.07, 6.45) is 1.43. The lowest BCUT2D eigenvalue weighted by Gasteiger charge is -2.14. The van der Waals surface area contributed by atoms with Gasteiger partial charge in [0.15, 0.2) is 11.5 Å². The van der Waals surface area contributed by atoms with E-state index in [0.717, 1.165) is 11.1 Å². The van der Waals surface area contributed by atoms with Crippen LogP contribution in [0.5, 0.6) is 17.2 Å². The monoisotopic (exact) mass is 280 g/mol. The Morgan fingerprint density at radius 3 is 2.05 bits per heavy atom. The molecule has 0 N–H and O–H groups in total. The number of allylic oxidation sites excluding steroid dienone is 1. The van der Waals surface area contributed by atoms with Crippen LogP contribution in [0.1, 0.15) is 19.4 Å². The highest BCUT2D eigenvalue weighted by Crippen LogP contribution is 2.39. The van der Waals surface area contributed by atoms with Gasteiger partial charge in [0.05, 0.1) is 27.9 Å². The van der Waals surface area contributed by atoms with Crippen LogP contribution in [0, 0.1) is 0 Å². The molecular weight excluding hydrogens is 260 g/mol. The van der Waals surface area contributed by atoms with Gasteiger partial charge in [-0.25, -0.2) is 4.79 Å². The van der Waals surface area contributed by atoms with Crippen LogP contribution in [0.2, 0.25) is 0 Å². The summed E-state index contributed by atoms with van der Waals surface area (Å²) in [5.74, 6) is 1.22. The summed E-state index contributed by atoms with van der Waals surface area (Å²) in [7, 11) is 4.64. The van der Waals surface area contributed by atoms with Crippen molar-refractivity contribution in [1.82, 2.24) is 0 Å². The van der Waals surface area contributed by atoms with Gasteiger partial charge in [-0.2, -0.15) is 0 Å². The van der Waals surface area contributed by atoms with Crippen molar-refractivity contribution in [1.29, 1.82) is 0 Å². The molecule has 0 unspecified atom stereocenters. The molecule has 0 heterocycles. The Kier molecular flexibility index (Phi) is 5.90. The van der Waals surface area contributed by atoms with Crippen LogP contribution < -0.4 is 14.2 Å². The standard InChI is InChI=1S/C15H20O5/c1-6-20-14(16)7-10(2)11-8-12(17-3)15(19-5)13(9-11)18-4/h7-9H,6H2,1-5H3/b10-7-. The maximum absolute atomic E-state index is 11.5. The quantitative estimate of drug-likeness (QED) is 0.592. The van der Waals surface area contributed by atoms with E-state index in [4.69, 9.17) is 18.9 Å². The molecule has 0 radical (unpaired) electrons. The molecule has 5 nitrogen and oxygen atoms in total. The fourth-order valence-electron chi connectivity index (χ4n) is 1.75. The molecule has 110 valence electrons. The average Bonchev–Trinajstić information content (AvgIpc) is 2.45. The Hall–Kier alpha value is -2.17. The van der Waals surface area contributed by atoms with Crippen LogP contribution in [-0.2, 0) is 9.53 Å². The first-order valence-corrected chi connectivity index (χ1v) is 6.22. The largest absolute Gasteiger partial charge is 0.493 e. The molecule has 0 saturated carbocycles. The molecule has 0 amide bonds. The third kappa shape index (κ3) is 3.66. The molecule has 1 aromatic carbocycles. The summed E-state index contributed by atoms with van der Waals surface area (Å²) in [6, 6.07) is 3.57. The lowest BCUT2D eigenvalue weighted by atomic mass is 10.1. The molecular formula is C15H20O5. The summed E-state index contributed by atoms with van der Waals surface area (Å²) in [4.78, 5) is 11.5. The highest BCUT2D eigenvalue weighted by molar-refractivity contribution is 5.91. The summed E-state index contributed by atoms with van der Waals surface area (Å²) in [5.41, 5.74) is 1.55. The fourth-order valence-corrected chi connectivity index (χ4v) is 1.75. The minimum atomic E-state index is -0.376. The second-order valence-electron chi connectivity index (χ2n) is 3.99. The third-order valence-electron chi connectivity index (χ3n) is 2.74. The van der Waals surface area contributed by atoms with Gasteiger partial charge in [-0.1, -0.05) is 0 Å². The number of carbonyl (C=O) groups is 1. The third-order valence-corrected chi connectivity index (χ3v) is 2.74. The Bertz CT molecular complexity index is 480. The van der Waals surface area contributed by atoms with Crippen LogP contribution in [0.25, 0.3) is 5.57 Å². The lowest BCUT2D eigenvalue weighted by Crippen LogP contribution is -2.01. The van der Waals surface area contributed by atoms with Crippen LogP contribution >= 0.6 is 0 Å². The van der Waals surface area contributed by atoms with Crippen molar-refractivity contribution in [3.05, 3.63) is 23.8 Å². The maximum atomic E-state index is 11.5.